The first-order valence-corrected chi connectivity index (χ1v) is 6.17. The predicted octanol–water partition coefficient (Wildman–Crippen LogP) is 2.08. The summed E-state index contributed by atoms with van der Waals surface area (Å²) < 4.78 is 0. The number of pyridine rings is 1. The molecule has 1 aromatic rings. The Morgan fingerprint density at radius 1 is 1.53 bits per heavy atom. The van der Waals surface area contributed by atoms with E-state index >= 15 is 0 Å². The third-order valence-corrected chi connectivity index (χ3v) is 2.87. The smallest absolute Gasteiger partial charge is 0.317 e. The van der Waals surface area contributed by atoms with Crippen molar-refractivity contribution in [1.82, 2.24) is 15.2 Å². The Labute approximate surface area is 102 Å². The summed E-state index contributed by atoms with van der Waals surface area (Å²) in [7, 11) is 0. The van der Waals surface area contributed by atoms with E-state index in [9.17, 15) is 4.79 Å². The summed E-state index contributed by atoms with van der Waals surface area (Å²) in [6.07, 6.45) is 2.23. The van der Waals surface area contributed by atoms with Gasteiger partial charge in [-0.05, 0) is 38.8 Å². The molecule has 1 aliphatic rings. The van der Waals surface area contributed by atoms with Gasteiger partial charge in [-0.1, -0.05) is 6.07 Å². The van der Waals surface area contributed by atoms with Crippen LogP contribution in [0.2, 0.25) is 0 Å². The molecule has 1 aromatic heterocycles. The second-order valence-corrected chi connectivity index (χ2v) is 4.51. The topological polar surface area (TPSA) is 45.2 Å². The maximum absolute atomic E-state index is 11.9. The molecule has 17 heavy (non-hydrogen) atoms. The van der Waals surface area contributed by atoms with E-state index in [-0.39, 0.29) is 6.03 Å². The zero-order valence-electron chi connectivity index (χ0n) is 10.4. The lowest BCUT2D eigenvalue weighted by Crippen LogP contribution is -2.40. The molecule has 0 aromatic carbocycles. The van der Waals surface area contributed by atoms with Gasteiger partial charge in [-0.25, -0.2) is 4.79 Å². The van der Waals surface area contributed by atoms with Crippen molar-refractivity contribution < 1.29 is 4.79 Å². The van der Waals surface area contributed by atoms with Crippen LogP contribution in [0.1, 0.15) is 31.2 Å². The summed E-state index contributed by atoms with van der Waals surface area (Å²) in [4.78, 5) is 18.1. The van der Waals surface area contributed by atoms with Crippen molar-refractivity contribution in [2.45, 2.75) is 39.3 Å². The quantitative estimate of drug-likeness (QED) is 0.865. The van der Waals surface area contributed by atoms with E-state index in [2.05, 4.69) is 10.3 Å². The summed E-state index contributed by atoms with van der Waals surface area (Å²) in [5.41, 5.74) is 1.93. The Hall–Kier alpha value is -1.58. The van der Waals surface area contributed by atoms with Crippen LogP contribution in [-0.4, -0.2) is 28.5 Å². The van der Waals surface area contributed by atoms with Gasteiger partial charge in [0.2, 0.25) is 0 Å². The molecule has 0 saturated heterocycles. The van der Waals surface area contributed by atoms with E-state index in [0.29, 0.717) is 19.1 Å². The van der Waals surface area contributed by atoms with E-state index in [1.54, 1.807) is 4.90 Å². The lowest BCUT2D eigenvalue weighted by Gasteiger charge is -2.21. The van der Waals surface area contributed by atoms with Gasteiger partial charge >= 0.3 is 6.03 Å². The number of aryl methyl sites for hydroxylation is 1. The molecule has 1 N–H and O–H groups in total. The van der Waals surface area contributed by atoms with Gasteiger partial charge in [0.25, 0.3) is 0 Å². The van der Waals surface area contributed by atoms with Crippen molar-refractivity contribution in [1.29, 1.82) is 0 Å². The van der Waals surface area contributed by atoms with Crippen LogP contribution < -0.4 is 5.32 Å². The predicted molar refractivity (Wildman–Crippen MR) is 66.6 cm³/mol. The van der Waals surface area contributed by atoms with E-state index in [1.165, 1.54) is 0 Å². The van der Waals surface area contributed by atoms with Crippen molar-refractivity contribution in [3.05, 3.63) is 29.6 Å². The molecule has 1 heterocycles. The first-order valence-electron chi connectivity index (χ1n) is 6.17. The highest BCUT2D eigenvalue weighted by Gasteiger charge is 2.25. The van der Waals surface area contributed by atoms with Gasteiger partial charge < -0.3 is 10.2 Å². The highest BCUT2D eigenvalue weighted by molar-refractivity contribution is 5.74. The van der Waals surface area contributed by atoms with Crippen molar-refractivity contribution >= 4 is 6.03 Å². The number of nitrogens with one attached hydrogen (secondary N) is 1. The molecule has 0 spiro atoms. The fraction of sp³-hybridized carbons (Fsp3) is 0.538. The van der Waals surface area contributed by atoms with Crippen LogP contribution in [0.15, 0.2) is 18.2 Å². The summed E-state index contributed by atoms with van der Waals surface area (Å²) in [5.74, 6) is 0. The second kappa shape index (κ2) is 5.17. The maximum atomic E-state index is 11.9. The van der Waals surface area contributed by atoms with E-state index in [1.807, 2.05) is 32.0 Å². The van der Waals surface area contributed by atoms with Crippen LogP contribution in [0.4, 0.5) is 4.79 Å². The number of carbonyl (C=O) groups is 1. The van der Waals surface area contributed by atoms with Gasteiger partial charge in [0.05, 0.1) is 12.2 Å². The Morgan fingerprint density at radius 3 is 2.88 bits per heavy atom. The van der Waals surface area contributed by atoms with Gasteiger partial charge in [0, 0.05) is 18.3 Å². The molecular formula is C13H19N3O. The number of nitrogens with zero attached hydrogens (tertiary/aromatic N) is 2. The van der Waals surface area contributed by atoms with Gasteiger partial charge in [-0.15, -0.1) is 0 Å². The molecule has 0 aliphatic heterocycles. The monoisotopic (exact) mass is 233 g/mol. The molecule has 1 fully saturated rings. The molecule has 4 nitrogen and oxygen atoms in total. The van der Waals surface area contributed by atoms with Crippen molar-refractivity contribution in [3.63, 3.8) is 0 Å². The van der Waals surface area contributed by atoms with Crippen LogP contribution in [0, 0.1) is 6.92 Å². The largest absolute Gasteiger partial charge is 0.335 e. The molecular weight excluding hydrogens is 214 g/mol. The minimum atomic E-state index is 0.0262. The van der Waals surface area contributed by atoms with Crippen LogP contribution >= 0.6 is 0 Å². The van der Waals surface area contributed by atoms with Crippen LogP contribution in [-0.2, 0) is 6.54 Å². The van der Waals surface area contributed by atoms with Gasteiger partial charge in [0.1, 0.15) is 0 Å². The first kappa shape index (κ1) is 11.9. The summed E-state index contributed by atoms with van der Waals surface area (Å²) in [6.45, 7) is 5.23. The highest BCUT2D eigenvalue weighted by atomic mass is 16.2. The molecule has 1 aliphatic carbocycles. The Bertz CT molecular complexity index is 401. The van der Waals surface area contributed by atoms with E-state index in [4.69, 9.17) is 0 Å². The number of aromatic nitrogens is 1. The van der Waals surface area contributed by atoms with Gasteiger partial charge in [-0.3, -0.25) is 4.98 Å². The average molecular weight is 233 g/mol. The number of hydrogen-bond donors (Lipinski definition) is 1. The molecule has 0 radical (unpaired) electrons. The molecule has 0 bridgehead atoms. The third-order valence-electron chi connectivity index (χ3n) is 2.87. The molecule has 2 rings (SSSR count). The minimum absolute atomic E-state index is 0.0262. The first-order chi connectivity index (χ1) is 8.19. The second-order valence-electron chi connectivity index (χ2n) is 4.51. The molecule has 2 amide bonds. The number of hydrogen-bond acceptors (Lipinski definition) is 2. The number of urea groups is 1. The SMILES string of the molecule is CCN(Cc1cccc(C)n1)C(=O)NC1CC1. The normalized spacial score (nSPS) is 14.5. The number of rotatable bonds is 4. The molecule has 0 unspecified atom stereocenters. The van der Waals surface area contributed by atoms with Gasteiger partial charge in [-0.2, -0.15) is 0 Å². The van der Waals surface area contributed by atoms with Crippen LogP contribution in [0.3, 0.4) is 0 Å². The summed E-state index contributed by atoms with van der Waals surface area (Å²) >= 11 is 0. The van der Waals surface area contributed by atoms with Gasteiger partial charge in [0.15, 0.2) is 0 Å². The third kappa shape index (κ3) is 3.44. The summed E-state index contributed by atoms with van der Waals surface area (Å²) in [5, 5.41) is 3.00. The van der Waals surface area contributed by atoms with E-state index in [0.717, 1.165) is 24.2 Å². The number of carbonyl (C=O) groups excluding carboxylic acids is 1. The molecule has 4 heteroatoms. The van der Waals surface area contributed by atoms with Crippen molar-refractivity contribution in [2.75, 3.05) is 6.54 Å². The fourth-order valence-corrected chi connectivity index (χ4v) is 1.70. The number of amides is 2. The Morgan fingerprint density at radius 2 is 2.29 bits per heavy atom. The fourth-order valence-electron chi connectivity index (χ4n) is 1.70. The zero-order chi connectivity index (χ0) is 12.3. The molecule has 92 valence electrons. The maximum Gasteiger partial charge on any atom is 0.317 e. The van der Waals surface area contributed by atoms with Crippen LogP contribution in [0.5, 0.6) is 0 Å². The van der Waals surface area contributed by atoms with Crippen LogP contribution in [0.25, 0.3) is 0 Å². The van der Waals surface area contributed by atoms with Crippen molar-refractivity contribution in [2.24, 2.45) is 0 Å². The summed E-state index contributed by atoms with van der Waals surface area (Å²) in [6, 6.07) is 6.33. The lowest BCUT2D eigenvalue weighted by atomic mass is 10.3. The van der Waals surface area contributed by atoms with Crippen molar-refractivity contribution in [3.8, 4) is 0 Å². The highest BCUT2D eigenvalue weighted by Crippen LogP contribution is 2.19. The van der Waals surface area contributed by atoms with E-state index < -0.39 is 0 Å². The lowest BCUT2D eigenvalue weighted by molar-refractivity contribution is 0.197. The zero-order valence-corrected chi connectivity index (χ0v) is 10.4. The Balaban J connectivity index is 1.95. The average Bonchev–Trinajstić information content (AvgIpc) is 3.09. The Kier molecular flexibility index (Phi) is 3.61. The molecule has 1 saturated carbocycles. The standard InChI is InChI=1S/C13H19N3O/c1-3-16(13(17)15-11-7-8-11)9-12-6-4-5-10(2)14-12/h4-6,11H,3,7-9H2,1-2H3,(H,15,17). The minimum Gasteiger partial charge on any atom is -0.335 e. The molecule has 0 atom stereocenters.